The van der Waals surface area contributed by atoms with E-state index < -0.39 is 11.9 Å². The Balaban J connectivity index is 0. The summed E-state index contributed by atoms with van der Waals surface area (Å²) in [5, 5.41) is 18.5. The van der Waals surface area contributed by atoms with Crippen LogP contribution in [0.15, 0.2) is 48.9 Å². The molecule has 0 atom stereocenters. The molecule has 0 unspecified atom stereocenters. The normalized spacial score (nSPS) is 11.8. The van der Waals surface area contributed by atoms with Gasteiger partial charge in [-0.25, -0.2) is 9.59 Å². The molecule has 1 rings (SSSR count). The third kappa shape index (κ3) is 14.6. The van der Waals surface area contributed by atoms with Crippen molar-refractivity contribution in [2.45, 2.75) is 0 Å². The zero-order valence-corrected chi connectivity index (χ0v) is 9.33. The van der Waals surface area contributed by atoms with Gasteiger partial charge in [-0.3, -0.25) is 0 Å². The van der Waals surface area contributed by atoms with Gasteiger partial charge in [0.05, 0.1) is 0 Å². The van der Waals surface area contributed by atoms with Gasteiger partial charge in [0.25, 0.3) is 0 Å². The number of hydrogen-bond donors (Lipinski definition) is 3. The van der Waals surface area contributed by atoms with Gasteiger partial charge < -0.3 is 15.5 Å². The van der Waals surface area contributed by atoms with E-state index in [9.17, 15) is 9.59 Å². The minimum Gasteiger partial charge on any atom is -0.478 e. The SMILES string of the molecule is C1=CC=CNC=C1.O=C(O)/C=C/C(=O)O.S. The Morgan fingerprint density at radius 3 is 1.56 bits per heavy atom. The van der Waals surface area contributed by atoms with E-state index in [4.69, 9.17) is 10.2 Å². The first kappa shape index (κ1) is 16.5. The molecule has 0 bridgehead atoms. The minimum atomic E-state index is -1.26. The van der Waals surface area contributed by atoms with Crippen LogP contribution in [-0.4, -0.2) is 22.2 Å². The van der Waals surface area contributed by atoms with Crippen molar-refractivity contribution in [2.24, 2.45) is 0 Å². The molecule has 1 heterocycles. The van der Waals surface area contributed by atoms with Gasteiger partial charge in [0.15, 0.2) is 0 Å². The van der Waals surface area contributed by atoms with Crippen LogP contribution in [0.2, 0.25) is 0 Å². The van der Waals surface area contributed by atoms with Crippen LogP contribution in [0.3, 0.4) is 0 Å². The fourth-order valence-electron chi connectivity index (χ4n) is 0.549. The van der Waals surface area contributed by atoms with Gasteiger partial charge in [-0.2, -0.15) is 13.5 Å². The summed E-state index contributed by atoms with van der Waals surface area (Å²) < 4.78 is 0. The molecular formula is C10H13NO4S. The Labute approximate surface area is 99.9 Å². The van der Waals surface area contributed by atoms with Crippen molar-refractivity contribution >= 4 is 25.4 Å². The highest BCUT2D eigenvalue weighted by molar-refractivity contribution is 7.59. The zero-order chi connectivity index (χ0) is 11.5. The predicted octanol–water partition coefficient (Wildman–Crippen LogP) is 0.998. The fraction of sp³-hybridized carbons (Fsp3) is 0. The van der Waals surface area contributed by atoms with Crippen LogP contribution < -0.4 is 5.32 Å². The van der Waals surface area contributed by atoms with Gasteiger partial charge in [-0.1, -0.05) is 12.2 Å². The summed E-state index contributed by atoms with van der Waals surface area (Å²) in [6, 6.07) is 0. The largest absolute Gasteiger partial charge is 0.478 e. The molecule has 0 radical (unpaired) electrons. The summed E-state index contributed by atoms with van der Waals surface area (Å²) in [5.41, 5.74) is 0. The lowest BCUT2D eigenvalue weighted by Gasteiger charge is -1.79. The molecule has 6 heteroatoms. The van der Waals surface area contributed by atoms with Gasteiger partial charge in [-0.15, -0.1) is 0 Å². The second-order valence-corrected chi connectivity index (χ2v) is 2.28. The Hall–Kier alpha value is -1.95. The summed E-state index contributed by atoms with van der Waals surface area (Å²) in [5.74, 6) is -2.51. The van der Waals surface area contributed by atoms with Gasteiger partial charge >= 0.3 is 11.9 Å². The molecule has 0 aromatic carbocycles. The van der Waals surface area contributed by atoms with Crippen LogP contribution in [0.4, 0.5) is 0 Å². The zero-order valence-electron chi connectivity index (χ0n) is 8.33. The van der Waals surface area contributed by atoms with Crippen molar-refractivity contribution in [3.63, 3.8) is 0 Å². The predicted molar refractivity (Wildman–Crippen MR) is 65.3 cm³/mol. The molecule has 0 aromatic heterocycles. The number of rotatable bonds is 2. The molecule has 0 spiro atoms. The van der Waals surface area contributed by atoms with E-state index in [2.05, 4.69) is 5.32 Å². The first-order chi connectivity index (χ1) is 7.13. The van der Waals surface area contributed by atoms with E-state index in [1.807, 2.05) is 36.7 Å². The first-order valence-corrected chi connectivity index (χ1v) is 4.01. The van der Waals surface area contributed by atoms with E-state index in [0.29, 0.717) is 12.2 Å². The molecule has 0 aromatic rings. The van der Waals surface area contributed by atoms with Crippen LogP contribution in [0.25, 0.3) is 0 Å². The molecule has 0 amide bonds. The Kier molecular flexibility index (Phi) is 11.5. The average molecular weight is 243 g/mol. The second kappa shape index (κ2) is 11.1. The third-order valence-electron chi connectivity index (χ3n) is 1.09. The Bertz CT molecular complexity index is 302. The minimum absolute atomic E-state index is 0. The lowest BCUT2D eigenvalue weighted by Crippen LogP contribution is -1.91. The highest BCUT2D eigenvalue weighted by Gasteiger charge is 1.88. The maximum atomic E-state index is 9.55. The average Bonchev–Trinajstić information content (AvgIpc) is 2.47. The molecule has 3 N–H and O–H groups in total. The number of allylic oxidation sites excluding steroid dienone is 4. The smallest absolute Gasteiger partial charge is 0.328 e. The van der Waals surface area contributed by atoms with E-state index in [0.717, 1.165) is 0 Å². The van der Waals surface area contributed by atoms with Crippen LogP contribution >= 0.6 is 13.5 Å². The van der Waals surface area contributed by atoms with Crippen molar-refractivity contribution in [1.29, 1.82) is 0 Å². The van der Waals surface area contributed by atoms with Crippen molar-refractivity contribution in [1.82, 2.24) is 5.32 Å². The number of nitrogens with one attached hydrogen (secondary N) is 1. The molecule has 16 heavy (non-hydrogen) atoms. The maximum absolute atomic E-state index is 9.55. The highest BCUT2D eigenvalue weighted by atomic mass is 32.1. The van der Waals surface area contributed by atoms with Gasteiger partial charge in [0, 0.05) is 24.6 Å². The Morgan fingerprint density at radius 1 is 0.875 bits per heavy atom. The summed E-state index contributed by atoms with van der Waals surface area (Å²) in [6.45, 7) is 0. The summed E-state index contributed by atoms with van der Waals surface area (Å²) in [4.78, 5) is 19.1. The monoisotopic (exact) mass is 243 g/mol. The molecule has 1 aliphatic heterocycles. The van der Waals surface area contributed by atoms with Crippen molar-refractivity contribution in [3.8, 4) is 0 Å². The van der Waals surface area contributed by atoms with Gasteiger partial charge in [0.1, 0.15) is 0 Å². The topological polar surface area (TPSA) is 86.6 Å². The lowest BCUT2D eigenvalue weighted by molar-refractivity contribution is -0.134. The summed E-state index contributed by atoms with van der Waals surface area (Å²) in [6.07, 6.45) is 12.7. The van der Waals surface area contributed by atoms with E-state index in [1.165, 1.54) is 0 Å². The van der Waals surface area contributed by atoms with Crippen LogP contribution in [0.1, 0.15) is 0 Å². The standard InChI is InChI=1S/C6H7N.C4H4O4.H2S/c1-2-4-6-7-5-3-1;5-3(6)1-2-4(7)8;/h1-7H;1-2H,(H,5,6)(H,7,8);1H2/b;2-1+;. The molecule has 0 saturated heterocycles. The van der Waals surface area contributed by atoms with Gasteiger partial charge in [0.2, 0.25) is 0 Å². The van der Waals surface area contributed by atoms with Crippen molar-refractivity contribution in [2.75, 3.05) is 0 Å². The Morgan fingerprint density at radius 2 is 1.25 bits per heavy atom. The van der Waals surface area contributed by atoms with Gasteiger partial charge in [-0.05, 0) is 12.2 Å². The molecule has 0 saturated carbocycles. The quantitative estimate of drug-likeness (QED) is 0.630. The van der Waals surface area contributed by atoms with E-state index >= 15 is 0 Å². The first-order valence-electron chi connectivity index (χ1n) is 4.01. The van der Waals surface area contributed by atoms with E-state index in [-0.39, 0.29) is 13.5 Å². The molecule has 0 fully saturated rings. The molecule has 0 aliphatic carbocycles. The number of carbonyl (C=O) groups is 2. The molecule has 88 valence electrons. The number of carboxylic acids is 2. The molecule has 5 nitrogen and oxygen atoms in total. The molecular weight excluding hydrogens is 230 g/mol. The van der Waals surface area contributed by atoms with Crippen molar-refractivity contribution < 1.29 is 19.8 Å². The maximum Gasteiger partial charge on any atom is 0.328 e. The second-order valence-electron chi connectivity index (χ2n) is 2.28. The van der Waals surface area contributed by atoms with Crippen LogP contribution in [-0.2, 0) is 9.59 Å². The number of aliphatic carboxylic acids is 2. The van der Waals surface area contributed by atoms with E-state index in [1.54, 1.807) is 0 Å². The fourth-order valence-corrected chi connectivity index (χ4v) is 0.549. The number of hydrogen-bond acceptors (Lipinski definition) is 3. The molecule has 1 aliphatic rings. The van der Waals surface area contributed by atoms with Crippen LogP contribution in [0.5, 0.6) is 0 Å². The summed E-state index contributed by atoms with van der Waals surface area (Å²) >= 11 is 0. The number of carboxylic acid groups (broad SMARTS) is 2. The summed E-state index contributed by atoms with van der Waals surface area (Å²) in [7, 11) is 0. The van der Waals surface area contributed by atoms with Crippen LogP contribution in [0, 0.1) is 0 Å². The van der Waals surface area contributed by atoms with Crippen molar-refractivity contribution in [3.05, 3.63) is 48.9 Å². The lowest BCUT2D eigenvalue weighted by atomic mass is 10.5. The third-order valence-corrected chi connectivity index (χ3v) is 1.09. The highest BCUT2D eigenvalue weighted by Crippen LogP contribution is 1.81.